The predicted molar refractivity (Wildman–Crippen MR) is 98.3 cm³/mol. The molecular formula is C20H20N4O3. The number of hydrogen-bond acceptors (Lipinski definition) is 5. The third kappa shape index (κ3) is 3.10. The minimum atomic E-state index is -0.366. The van der Waals surface area contributed by atoms with Gasteiger partial charge in [0.1, 0.15) is 0 Å². The van der Waals surface area contributed by atoms with Gasteiger partial charge in [0.2, 0.25) is 0 Å². The lowest BCUT2D eigenvalue weighted by Crippen LogP contribution is -2.52. The lowest BCUT2D eigenvalue weighted by atomic mass is 10.0. The molecule has 138 valence electrons. The summed E-state index contributed by atoms with van der Waals surface area (Å²) >= 11 is 0. The van der Waals surface area contributed by atoms with Gasteiger partial charge in [-0.3, -0.25) is 24.3 Å². The number of aromatic nitrogens is 1. The van der Waals surface area contributed by atoms with Crippen molar-refractivity contribution in [2.75, 3.05) is 19.6 Å². The number of carbonyl (C=O) groups is 3. The molecule has 7 heteroatoms. The van der Waals surface area contributed by atoms with E-state index in [1.54, 1.807) is 47.6 Å². The smallest absolute Gasteiger partial charge is 0.261 e. The Hall–Kier alpha value is -3.06. The van der Waals surface area contributed by atoms with Gasteiger partial charge in [-0.1, -0.05) is 0 Å². The Morgan fingerprint density at radius 2 is 1.89 bits per heavy atom. The van der Waals surface area contributed by atoms with E-state index < -0.39 is 0 Å². The summed E-state index contributed by atoms with van der Waals surface area (Å²) in [6, 6.07) is 8.40. The van der Waals surface area contributed by atoms with Crippen molar-refractivity contribution < 1.29 is 14.4 Å². The summed E-state index contributed by atoms with van der Waals surface area (Å²) in [5.74, 6) is -0.809. The van der Waals surface area contributed by atoms with Gasteiger partial charge in [-0.15, -0.1) is 0 Å². The molecular weight excluding hydrogens is 344 g/mol. The average Bonchev–Trinajstić information content (AvgIpc) is 2.93. The van der Waals surface area contributed by atoms with Crippen LogP contribution in [-0.2, 0) is 6.54 Å². The van der Waals surface area contributed by atoms with Crippen molar-refractivity contribution in [3.63, 3.8) is 0 Å². The number of imide groups is 1. The van der Waals surface area contributed by atoms with Crippen LogP contribution in [0.1, 0.15) is 43.6 Å². The molecule has 0 bridgehead atoms. The monoisotopic (exact) mass is 364 g/mol. The topological polar surface area (TPSA) is 82.6 Å². The number of hydrogen-bond donors (Lipinski definition) is 1. The molecule has 1 N–H and O–H groups in total. The molecule has 0 aliphatic carbocycles. The molecule has 2 aromatic rings. The highest BCUT2D eigenvalue weighted by Gasteiger charge is 2.36. The number of benzene rings is 1. The van der Waals surface area contributed by atoms with Gasteiger partial charge in [-0.25, -0.2) is 0 Å². The number of amides is 3. The summed E-state index contributed by atoms with van der Waals surface area (Å²) in [6.45, 7) is 4.29. The Morgan fingerprint density at radius 1 is 1.15 bits per heavy atom. The van der Waals surface area contributed by atoms with Crippen LogP contribution in [-0.4, -0.2) is 58.2 Å². The molecule has 1 aromatic heterocycles. The van der Waals surface area contributed by atoms with Crippen molar-refractivity contribution in [3.05, 3.63) is 65.0 Å². The number of pyridine rings is 1. The first kappa shape index (κ1) is 17.4. The second-order valence-corrected chi connectivity index (χ2v) is 6.86. The summed E-state index contributed by atoms with van der Waals surface area (Å²) in [5.41, 5.74) is 1.90. The molecule has 1 saturated heterocycles. The van der Waals surface area contributed by atoms with E-state index in [4.69, 9.17) is 0 Å². The van der Waals surface area contributed by atoms with Gasteiger partial charge >= 0.3 is 0 Å². The lowest BCUT2D eigenvalue weighted by molar-refractivity contribution is 0.0639. The fourth-order valence-electron chi connectivity index (χ4n) is 3.55. The first-order valence-corrected chi connectivity index (χ1v) is 8.97. The van der Waals surface area contributed by atoms with E-state index in [1.807, 2.05) is 6.92 Å². The largest absolute Gasteiger partial charge is 0.333 e. The lowest BCUT2D eigenvalue weighted by Gasteiger charge is -2.34. The molecule has 27 heavy (non-hydrogen) atoms. The molecule has 0 radical (unpaired) electrons. The van der Waals surface area contributed by atoms with Gasteiger partial charge in [-0.2, -0.15) is 0 Å². The zero-order chi connectivity index (χ0) is 19.0. The van der Waals surface area contributed by atoms with Crippen molar-refractivity contribution in [2.45, 2.75) is 19.5 Å². The molecule has 0 spiro atoms. The summed E-state index contributed by atoms with van der Waals surface area (Å²) in [6.07, 6.45) is 3.25. The number of piperazine rings is 1. The molecule has 3 heterocycles. The van der Waals surface area contributed by atoms with Crippen LogP contribution < -0.4 is 5.32 Å². The van der Waals surface area contributed by atoms with Gasteiger partial charge in [0.25, 0.3) is 17.7 Å². The van der Waals surface area contributed by atoms with Gasteiger partial charge < -0.3 is 10.2 Å². The zero-order valence-corrected chi connectivity index (χ0v) is 15.0. The molecule has 0 saturated carbocycles. The first-order chi connectivity index (χ1) is 13.1. The number of rotatable bonds is 3. The quantitative estimate of drug-likeness (QED) is 0.831. The van der Waals surface area contributed by atoms with Crippen LogP contribution in [0.2, 0.25) is 0 Å². The Labute approximate surface area is 157 Å². The SMILES string of the molecule is C[C@H]1CNCCN1C(=O)c1ccc2c(c1)C(=O)N(Cc1ccncc1)C2=O. The minimum absolute atomic E-state index is 0.0834. The summed E-state index contributed by atoms with van der Waals surface area (Å²) in [7, 11) is 0. The fourth-order valence-corrected chi connectivity index (χ4v) is 3.55. The van der Waals surface area contributed by atoms with Gasteiger partial charge in [0.15, 0.2) is 0 Å². The van der Waals surface area contributed by atoms with Crippen LogP contribution in [0.5, 0.6) is 0 Å². The van der Waals surface area contributed by atoms with Crippen LogP contribution in [0.3, 0.4) is 0 Å². The molecule has 3 amide bonds. The summed E-state index contributed by atoms with van der Waals surface area (Å²) < 4.78 is 0. The van der Waals surface area contributed by atoms with E-state index in [-0.39, 0.29) is 30.3 Å². The van der Waals surface area contributed by atoms with Crippen molar-refractivity contribution >= 4 is 17.7 Å². The zero-order valence-electron chi connectivity index (χ0n) is 15.0. The summed E-state index contributed by atoms with van der Waals surface area (Å²) in [5, 5.41) is 3.25. The minimum Gasteiger partial charge on any atom is -0.333 e. The predicted octanol–water partition coefficient (Wildman–Crippen LogP) is 1.31. The fraction of sp³-hybridized carbons (Fsp3) is 0.300. The maximum absolute atomic E-state index is 12.9. The maximum Gasteiger partial charge on any atom is 0.261 e. The molecule has 1 fully saturated rings. The highest BCUT2D eigenvalue weighted by Crippen LogP contribution is 2.26. The van der Waals surface area contributed by atoms with Crippen molar-refractivity contribution in [2.24, 2.45) is 0 Å². The van der Waals surface area contributed by atoms with E-state index >= 15 is 0 Å². The molecule has 1 atom stereocenters. The van der Waals surface area contributed by atoms with Gasteiger partial charge in [0, 0.05) is 43.6 Å². The molecule has 4 rings (SSSR count). The van der Waals surface area contributed by atoms with Crippen molar-refractivity contribution in [3.8, 4) is 0 Å². The van der Waals surface area contributed by atoms with Crippen LogP contribution in [0.25, 0.3) is 0 Å². The molecule has 0 unspecified atom stereocenters. The normalized spacial score (nSPS) is 19.4. The van der Waals surface area contributed by atoms with Gasteiger partial charge in [0.05, 0.1) is 17.7 Å². The Kier molecular flexibility index (Phi) is 4.45. The second kappa shape index (κ2) is 6.92. The molecule has 7 nitrogen and oxygen atoms in total. The van der Waals surface area contributed by atoms with Crippen LogP contribution in [0.15, 0.2) is 42.7 Å². The second-order valence-electron chi connectivity index (χ2n) is 6.86. The van der Waals surface area contributed by atoms with Gasteiger partial charge in [-0.05, 0) is 42.8 Å². The van der Waals surface area contributed by atoms with Crippen LogP contribution in [0.4, 0.5) is 0 Å². The molecule has 1 aromatic carbocycles. The number of nitrogens with one attached hydrogen (secondary N) is 1. The number of nitrogens with zero attached hydrogens (tertiary/aromatic N) is 3. The van der Waals surface area contributed by atoms with E-state index in [2.05, 4.69) is 10.3 Å². The molecule has 2 aliphatic rings. The Bertz CT molecular complexity index is 913. The van der Waals surface area contributed by atoms with Crippen molar-refractivity contribution in [1.29, 1.82) is 0 Å². The van der Waals surface area contributed by atoms with E-state index in [9.17, 15) is 14.4 Å². The highest BCUT2D eigenvalue weighted by atomic mass is 16.2. The van der Waals surface area contributed by atoms with Crippen molar-refractivity contribution in [1.82, 2.24) is 20.1 Å². The maximum atomic E-state index is 12.9. The summed E-state index contributed by atoms with van der Waals surface area (Å²) in [4.78, 5) is 45.2. The first-order valence-electron chi connectivity index (χ1n) is 8.97. The average molecular weight is 364 g/mol. The van der Waals surface area contributed by atoms with Crippen LogP contribution >= 0.6 is 0 Å². The third-order valence-electron chi connectivity index (χ3n) is 5.07. The Morgan fingerprint density at radius 3 is 2.63 bits per heavy atom. The third-order valence-corrected chi connectivity index (χ3v) is 5.07. The molecule has 2 aliphatic heterocycles. The standard InChI is InChI=1S/C20H20N4O3/c1-13-11-22-8-9-23(13)18(25)15-2-3-16-17(10-15)20(27)24(19(16)26)12-14-4-6-21-7-5-14/h2-7,10,13,22H,8-9,11-12H2,1H3/t13-/m0/s1. The number of carbonyl (C=O) groups excluding carboxylic acids is 3. The van der Waals surface area contributed by atoms with Crippen LogP contribution in [0, 0.1) is 0 Å². The van der Waals surface area contributed by atoms with E-state index in [0.29, 0.717) is 23.2 Å². The number of fused-ring (bicyclic) bond motifs is 1. The van der Waals surface area contributed by atoms with E-state index in [0.717, 1.165) is 18.7 Å². The highest BCUT2D eigenvalue weighted by molar-refractivity contribution is 6.22. The Balaban J connectivity index is 1.59. The van der Waals surface area contributed by atoms with E-state index in [1.165, 1.54) is 4.90 Å².